The van der Waals surface area contributed by atoms with Crippen LogP contribution in [0.1, 0.15) is 23.9 Å². The quantitative estimate of drug-likeness (QED) is 0.475. The molecule has 0 aliphatic rings. The van der Waals surface area contributed by atoms with Crippen molar-refractivity contribution in [2.45, 2.75) is 26.1 Å². The van der Waals surface area contributed by atoms with Crippen molar-refractivity contribution in [2.75, 3.05) is 0 Å². The molecule has 28 heavy (non-hydrogen) atoms. The summed E-state index contributed by atoms with van der Waals surface area (Å²) in [4.78, 5) is 23.8. The molecule has 0 aliphatic carbocycles. The first-order chi connectivity index (χ1) is 13.6. The number of carbonyl (C=O) groups is 2. The smallest absolute Gasteiger partial charge is 0.331 e. The van der Waals surface area contributed by atoms with Crippen molar-refractivity contribution in [2.24, 2.45) is 0 Å². The minimum Gasteiger partial charge on any atom is -0.467 e. The lowest BCUT2D eigenvalue weighted by Gasteiger charge is -2.11. The summed E-state index contributed by atoms with van der Waals surface area (Å²) in [6.45, 7) is 2.31. The molecule has 0 radical (unpaired) electrons. The average molecular weight is 380 g/mol. The second-order valence-corrected chi connectivity index (χ2v) is 6.04. The third kappa shape index (κ3) is 5.66. The summed E-state index contributed by atoms with van der Waals surface area (Å²) in [6.07, 6.45) is 5.01. The summed E-state index contributed by atoms with van der Waals surface area (Å²) < 4.78 is 11.9. The van der Waals surface area contributed by atoms with Gasteiger partial charge in [-0.15, -0.1) is 5.10 Å². The highest BCUT2D eigenvalue weighted by Gasteiger charge is 2.16. The molecule has 2 heterocycles. The van der Waals surface area contributed by atoms with Crippen LogP contribution < -0.4 is 5.32 Å². The first kappa shape index (κ1) is 19.1. The van der Waals surface area contributed by atoms with Crippen molar-refractivity contribution in [1.82, 2.24) is 20.3 Å². The lowest BCUT2D eigenvalue weighted by atomic mass is 10.2. The Kier molecular flexibility index (Phi) is 6.35. The summed E-state index contributed by atoms with van der Waals surface area (Å²) in [6, 6.07) is 13.3. The Balaban J connectivity index is 1.46. The van der Waals surface area contributed by atoms with E-state index in [4.69, 9.17) is 9.15 Å². The monoisotopic (exact) mass is 380 g/mol. The number of ether oxygens (including phenoxy) is 1. The molecule has 1 aromatic carbocycles. The molecule has 0 bridgehead atoms. The maximum atomic E-state index is 11.9. The molecule has 3 aromatic rings. The van der Waals surface area contributed by atoms with E-state index in [1.807, 2.05) is 30.3 Å². The molecule has 1 atom stereocenters. The van der Waals surface area contributed by atoms with Crippen LogP contribution in [0.4, 0.5) is 0 Å². The first-order valence-corrected chi connectivity index (χ1v) is 8.73. The molecular weight excluding hydrogens is 360 g/mol. The zero-order valence-corrected chi connectivity index (χ0v) is 15.3. The van der Waals surface area contributed by atoms with Gasteiger partial charge in [0.05, 0.1) is 25.5 Å². The number of hydrogen-bond acceptors (Lipinski definition) is 6. The molecule has 0 spiro atoms. The standard InChI is InChI=1S/C20H20N4O4/c1-15(20(26)21-12-18-8-5-11-27-18)28-19(25)10-9-17-14-24(23-22-17)13-16-6-3-2-4-7-16/h2-11,14-15H,12-13H2,1H3,(H,21,26)/b10-9+/t15-/m0/s1. The van der Waals surface area contributed by atoms with E-state index in [9.17, 15) is 9.59 Å². The summed E-state index contributed by atoms with van der Waals surface area (Å²) in [5.41, 5.74) is 1.61. The summed E-state index contributed by atoms with van der Waals surface area (Å²) in [7, 11) is 0. The zero-order valence-electron chi connectivity index (χ0n) is 15.3. The predicted octanol–water partition coefficient (Wildman–Crippen LogP) is 2.18. The van der Waals surface area contributed by atoms with Crippen molar-refractivity contribution in [3.63, 3.8) is 0 Å². The Hall–Kier alpha value is -3.68. The van der Waals surface area contributed by atoms with Crippen molar-refractivity contribution in [3.05, 3.63) is 78.0 Å². The van der Waals surface area contributed by atoms with Gasteiger partial charge in [0.15, 0.2) is 6.10 Å². The van der Waals surface area contributed by atoms with Crippen LogP contribution in [0.25, 0.3) is 6.08 Å². The Morgan fingerprint density at radius 2 is 2.07 bits per heavy atom. The normalized spacial score (nSPS) is 12.0. The zero-order chi connectivity index (χ0) is 19.8. The van der Waals surface area contributed by atoms with Crippen molar-refractivity contribution >= 4 is 18.0 Å². The van der Waals surface area contributed by atoms with E-state index in [-0.39, 0.29) is 6.54 Å². The Morgan fingerprint density at radius 1 is 1.25 bits per heavy atom. The number of furan rings is 1. The van der Waals surface area contributed by atoms with Gasteiger partial charge in [-0.3, -0.25) is 4.79 Å². The minimum atomic E-state index is -0.930. The molecular formula is C20H20N4O4. The number of carbonyl (C=O) groups excluding carboxylic acids is 2. The highest BCUT2D eigenvalue weighted by Crippen LogP contribution is 2.04. The van der Waals surface area contributed by atoms with Gasteiger partial charge in [0, 0.05) is 6.08 Å². The van der Waals surface area contributed by atoms with Crippen LogP contribution in [-0.2, 0) is 27.4 Å². The van der Waals surface area contributed by atoms with Crippen LogP contribution in [0, 0.1) is 0 Å². The van der Waals surface area contributed by atoms with E-state index < -0.39 is 18.0 Å². The van der Waals surface area contributed by atoms with Crippen LogP contribution in [0.2, 0.25) is 0 Å². The third-order valence-electron chi connectivity index (χ3n) is 3.81. The molecule has 0 aliphatic heterocycles. The van der Waals surface area contributed by atoms with Gasteiger partial charge in [-0.25, -0.2) is 9.48 Å². The first-order valence-electron chi connectivity index (χ1n) is 8.73. The molecule has 3 rings (SSSR count). The number of nitrogens with one attached hydrogen (secondary N) is 1. The van der Waals surface area contributed by atoms with Crippen LogP contribution in [0.5, 0.6) is 0 Å². The van der Waals surface area contributed by atoms with Gasteiger partial charge in [0.1, 0.15) is 11.5 Å². The molecule has 1 N–H and O–H groups in total. The molecule has 0 fully saturated rings. The molecule has 0 saturated heterocycles. The van der Waals surface area contributed by atoms with Crippen molar-refractivity contribution in [3.8, 4) is 0 Å². The molecule has 2 aromatic heterocycles. The van der Waals surface area contributed by atoms with Gasteiger partial charge in [-0.1, -0.05) is 35.5 Å². The SMILES string of the molecule is C[C@H](OC(=O)/C=C/c1cn(Cc2ccccc2)nn1)C(=O)NCc1ccco1. The highest BCUT2D eigenvalue weighted by molar-refractivity contribution is 5.90. The maximum absolute atomic E-state index is 11.9. The van der Waals surface area contributed by atoms with Crippen LogP contribution in [0.3, 0.4) is 0 Å². The number of hydrogen-bond donors (Lipinski definition) is 1. The van der Waals surface area contributed by atoms with E-state index in [1.54, 1.807) is 23.0 Å². The minimum absolute atomic E-state index is 0.230. The Morgan fingerprint density at radius 3 is 2.82 bits per heavy atom. The van der Waals surface area contributed by atoms with Gasteiger partial charge >= 0.3 is 5.97 Å². The topological polar surface area (TPSA) is 99.3 Å². The molecule has 0 unspecified atom stereocenters. The highest BCUT2D eigenvalue weighted by atomic mass is 16.5. The number of aromatic nitrogens is 3. The number of benzene rings is 1. The van der Waals surface area contributed by atoms with Gasteiger partial charge in [-0.2, -0.15) is 0 Å². The van der Waals surface area contributed by atoms with E-state index >= 15 is 0 Å². The van der Waals surface area contributed by atoms with Crippen LogP contribution in [0.15, 0.2) is 65.4 Å². The molecule has 0 saturated carbocycles. The van der Waals surface area contributed by atoms with Gasteiger partial charge in [-0.05, 0) is 30.7 Å². The second kappa shape index (κ2) is 9.31. The molecule has 1 amide bonds. The van der Waals surface area contributed by atoms with Crippen LogP contribution in [-0.4, -0.2) is 33.0 Å². The Bertz CT molecular complexity index is 932. The molecule has 144 valence electrons. The van der Waals surface area contributed by atoms with Crippen LogP contribution >= 0.6 is 0 Å². The van der Waals surface area contributed by atoms with E-state index in [0.29, 0.717) is 18.0 Å². The van der Waals surface area contributed by atoms with Crippen molar-refractivity contribution in [1.29, 1.82) is 0 Å². The number of nitrogens with zero attached hydrogens (tertiary/aromatic N) is 3. The fourth-order valence-corrected chi connectivity index (χ4v) is 2.39. The Labute approximate surface area is 161 Å². The van der Waals surface area contributed by atoms with Gasteiger partial charge in [0.25, 0.3) is 5.91 Å². The van der Waals surface area contributed by atoms with E-state index in [0.717, 1.165) is 5.56 Å². The summed E-state index contributed by atoms with van der Waals surface area (Å²) in [5.74, 6) is -0.435. The summed E-state index contributed by atoms with van der Waals surface area (Å²) in [5, 5.41) is 10.6. The number of rotatable bonds is 8. The maximum Gasteiger partial charge on any atom is 0.331 e. The second-order valence-electron chi connectivity index (χ2n) is 6.04. The lowest BCUT2D eigenvalue weighted by Crippen LogP contribution is -2.35. The number of amides is 1. The third-order valence-corrected chi connectivity index (χ3v) is 3.81. The summed E-state index contributed by atoms with van der Waals surface area (Å²) >= 11 is 0. The largest absolute Gasteiger partial charge is 0.467 e. The van der Waals surface area contributed by atoms with E-state index in [1.165, 1.54) is 25.3 Å². The molecule has 8 heteroatoms. The predicted molar refractivity (Wildman–Crippen MR) is 101 cm³/mol. The number of esters is 1. The molecule has 8 nitrogen and oxygen atoms in total. The lowest BCUT2D eigenvalue weighted by molar-refractivity contribution is -0.150. The van der Waals surface area contributed by atoms with Gasteiger partial charge < -0.3 is 14.5 Å². The van der Waals surface area contributed by atoms with Crippen molar-refractivity contribution < 1.29 is 18.7 Å². The van der Waals surface area contributed by atoms with E-state index in [2.05, 4.69) is 15.6 Å². The average Bonchev–Trinajstić information content (AvgIpc) is 3.37. The fourth-order valence-electron chi connectivity index (χ4n) is 2.39. The van der Waals surface area contributed by atoms with Gasteiger partial charge in [0.2, 0.25) is 0 Å². The fraction of sp³-hybridized carbons (Fsp3) is 0.200.